The standard InChI is InChI=1S/C22H24N4O4/c1-14-12-16(20(27)23-2)6-9-19(14)26-22(28)24-11-10-17-13-30-21(25-17)15-4-7-18(29-3)8-5-15/h4-9,12-13H,10-11H2,1-3H3,(H,23,27)(H2,24,26,28). The SMILES string of the molecule is CNC(=O)c1ccc(NC(=O)NCCc2coc(-c3ccc(OC)cc3)n2)c(C)c1. The average molecular weight is 408 g/mol. The van der Waals surface area contributed by atoms with E-state index in [1.54, 1.807) is 38.6 Å². The predicted octanol–water partition coefficient (Wildman–Crippen LogP) is 3.38. The highest BCUT2D eigenvalue weighted by atomic mass is 16.5. The van der Waals surface area contributed by atoms with E-state index in [-0.39, 0.29) is 11.9 Å². The van der Waals surface area contributed by atoms with Crippen LogP contribution < -0.4 is 20.7 Å². The van der Waals surface area contributed by atoms with Gasteiger partial charge in [-0.3, -0.25) is 4.79 Å². The molecule has 0 aliphatic carbocycles. The topological polar surface area (TPSA) is 105 Å². The van der Waals surface area contributed by atoms with Gasteiger partial charge in [0.2, 0.25) is 5.89 Å². The van der Waals surface area contributed by atoms with Crippen molar-refractivity contribution in [2.45, 2.75) is 13.3 Å². The molecule has 0 spiro atoms. The molecular weight excluding hydrogens is 384 g/mol. The Bertz CT molecular complexity index is 1030. The highest BCUT2D eigenvalue weighted by Crippen LogP contribution is 2.22. The molecule has 8 heteroatoms. The largest absolute Gasteiger partial charge is 0.497 e. The number of hydrogen-bond donors (Lipinski definition) is 3. The van der Waals surface area contributed by atoms with Gasteiger partial charge in [-0.05, 0) is 55.0 Å². The summed E-state index contributed by atoms with van der Waals surface area (Å²) >= 11 is 0. The van der Waals surface area contributed by atoms with Gasteiger partial charge in [-0.2, -0.15) is 0 Å². The molecule has 1 aromatic heterocycles. The summed E-state index contributed by atoms with van der Waals surface area (Å²) in [6, 6.07) is 12.2. The van der Waals surface area contributed by atoms with Gasteiger partial charge in [0.15, 0.2) is 0 Å². The van der Waals surface area contributed by atoms with Crippen molar-refractivity contribution >= 4 is 17.6 Å². The van der Waals surface area contributed by atoms with E-state index in [1.165, 1.54) is 0 Å². The molecular formula is C22H24N4O4. The zero-order valence-corrected chi connectivity index (χ0v) is 17.1. The first-order valence-corrected chi connectivity index (χ1v) is 9.46. The lowest BCUT2D eigenvalue weighted by Crippen LogP contribution is -2.30. The lowest BCUT2D eigenvalue weighted by Gasteiger charge is -2.10. The van der Waals surface area contributed by atoms with Crippen LogP contribution in [-0.4, -0.2) is 37.6 Å². The number of nitrogens with zero attached hydrogens (tertiary/aromatic N) is 1. The molecule has 0 radical (unpaired) electrons. The maximum atomic E-state index is 12.2. The van der Waals surface area contributed by atoms with Crippen molar-refractivity contribution in [3.05, 3.63) is 65.5 Å². The Kier molecular flexibility index (Phi) is 6.69. The fourth-order valence-corrected chi connectivity index (χ4v) is 2.85. The summed E-state index contributed by atoms with van der Waals surface area (Å²) in [6.07, 6.45) is 2.11. The number of oxazole rings is 1. The zero-order valence-electron chi connectivity index (χ0n) is 17.1. The van der Waals surface area contributed by atoms with Gasteiger partial charge < -0.3 is 25.1 Å². The number of anilines is 1. The fourth-order valence-electron chi connectivity index (χ4n) is 2.85. The summed E-state index contributed by atoms with van der Waals surface area (Å²) in [5.74, 6) is 1.11. The van der Waals surface area contributed by atoms with Crippen LogP contribution in [0.4, 0.5) is 10.5 Å². The lowest BCUT2D eigenvalue weighted by molar-refractivity contribution is 0.0963. The average Bonchev–Trinajstić information content (AvgIpc) is 3.23. The number of ether oxygens (including phenoxy) is 1. The van der Waals surface area contributed by atoms with Crippen LogP contribution in [0.1, 0.15) is 21.6 Å². The van der Waals surface area contributed by atoms with E-state index in [4.69, 9.17) is 9.15 Å². The molecule has 2 aromatic carbocycles. The van der Waals surface area contributed by atoms with Gasteiger partial charge in [0.05, 0.1) is 12.8 Å². The molecule has 30 heavy (non-hydrogen) atoms. The van der Waals surface area contributed by atoms with E-state index < -0.39 is 0 Å². The molecule has 3 amide bonds. The predicted molar refractivity (Wildman–Crippen MR) is 114 cm³/mol. The number of aryl methyl sites for hydroxylation is 1. The number of amides is 3. The Labute approximate surface area is 174 Å². The maximum Gasteiger partial charge on any atom is 0.319 e. The minimum Gasteiger partial charge on any atom is -0.497 e. The smallest absolute Gasteiger partial charge is 0.319 e. The number of aromatic nitrogens is 1. The first-order valence-electron chi connectivity index (χ1n) is 9.46. The number of hydrogen-bond acceptors (Lipinski definition) is 5. The summed E-state index contributed by atoms with van der Waals surface area (Å²) in [5, 5.41) is 8.15. The van der Waals surface area contributed by atoms with Gasteiger partial charge in [-0.15, -0.1) is 0 Å². The summed E-state index contributed by atoms with van der Waals surface area (Å²) in [7, 11) is 3.19. The summed E-state index contributed by atoms with van der Waals surface area (Å²) in [4.78, 5) is 28.3. The number of carbonyl (C=O) groups excluding carboxylic acids is 2. The molecule has 0 saturated carbocycles. The second-order valence-electron chi connectivity index (χ2n) is 6.61. The van der Waals surface area contributed by atoms with Crippen LogP contribution in [0, 0.1) is 6.92 Å². The molecule has 0 bridgehead atoms. The molecule has 1 heterocycles. The van der Waals surface area contributed by atoms with Gasteiger partial charge in [-0.25, -0.2) is 9.78 Å². The van der Waals surface area contributed by atoms with Crippen LogP contribution in [-0.2, 0) is 6.42 Å². The van der Waals surface area contributed by atoms with Crippen LogP contribution in [0.25, 0.3) is 11.5 Å². The third-order valence-electron chi connectivity index (χ3n) is 4.52. The molecule has 0 saturated heterocycles. The van der Waals surface area contributed by atoms with E-state index in [9.17, 15) is 9.59 Å². The highest BCUT2D eigenvalue weighted by Gasteiger charge is 2.10. The van der Waals surface area contributed by atoms with Gasteiger partial charge in [-0.1, -0.05) is 0 Å². The van der Waals surface area contributed by atoms with Crippen molar-refractivity contribution in [1.82, 2.24) is 15.6 Å². The molecule has 0 aliphatic rings. The van der Waals surface area contributed by atoms with Gasteiger partial charge in [0.1, 0.15) is 12.0 Å². The Morgan fingerprint density at radius 2 is 1.90 bits per heavy atom. The second-order valence-corrected chi connectivity index (χ2v) is 6.61. The molecule has 0 aliphatic heterocycles. The van der Waals surface area contributed by atoms with E-state index in [2.05, 4.69) is 20.9 Å². The molecule has 0 fully saturated rings. The van der Waals surface area contributed by atoms with Gasteiger partial charge in [0, 0.05) is 36.8 Å². The third-order valence-corrected chi connectivity index (χ3v) is 4.52. The van der Waals surface area contributed by atoms with Crippen molar-refractivity contribution in [1.29, 1.82) is 0 Å². The van der Waals surface area contributed by atoms with Crippen LogP contribution in [0.2, 0.25) is 0 Å². The zero-order chi connectivity index (χ0) is 21.5. The van der Waals surface area contributed by atoms with E-state index >= 15 is 0 Å². The van der Waals surface area contributed by atoms with Gasteiger partial charge >= 0.3 is 6.03 Å². The summed E-state index contributed by atoms with van der Waals surface area (Å²) in [5.41, 5.74) is 3.57. The molecule has 0 atom stereocenters. The molecule has 3 aromatic rings. The van der Waals surface area contributed by atoms with Crippen LogP contribution in [0.15, 0.2) is 53.1 Å². The quantitative estimate of drug-likeness (QED) is 0.556. The number of carbonyl (C=O) groups is 2. The first kappa shape index (κ1) is 20.9. The number of benzene rings is 2. The minimum absolute atomic E-state index is 0.171. The molecule has 8 nitrogen and oxygen atoms in total. The van der Waals surface area contributed by atoms with Crippen molar-refractivity contribution < 1.29 is 18.7 Å². The lowest BCUT2D eigenvalue weighted by atomic mass is 10.1. The third kappa shape index (κ3) is 5.16. The second kappa shape index (κ2) is 9.60. The monoisotopic (exact) mass is 408 g/mol. The number of methoxy groups -OCH3 is 1. The van der Waals surface area contributed by atoms with Crippen molar-refractivity contribution in [3.63, 3.8) is 0 Å². The molecule has 156 valence electrons. The Morgan fingerprint density at radius 1 is 1.13 bits per heavy atom. The molecule has 3 N–H and O–H groups in total. The normalized spacial score (nSPS) is 10.4. The van der Waals surface area contributed by atoms with Crippen LogP contribution in [0.3, 0.4) is 0 Å². The molecule has 3 rings (SSSR count). The Morgan fingerprint density at radius 3 is 2.57 bits per heavy atom. The number of nitrogens with one attached hydrogen (secondary N) is 3. The van der Waals surface area contributed by atoms with Crippen LogP contribution >= 0.6 is 0 Å². The minimum atomic E-state index is -0.329. The number of urea groups is 1. The Balaban J connectivity index is 1.50. The summed E-state index contributed by atoms with van der Waals surface area (Å²) in [6.45, 7) is 2.23. The van der Waals surface area contributed by atoms with Crippen molar-refractivity contribution in [2.24, 2.45) is 0 Å². The molecule has 0 unspecified atom stereocenters. The first-order chi connectivity index (χ1) is 14.5. The van der Waals surface area contributed by atoms with Gasteiger partial charge in [0.25, 0.3) is 5.91 Å². The fraction of sp³-hybridized carbons (Fsp3) is 0.227. The van der Waals surface area contributed by atoms with E-state index in [0.29, 0.717) is 30.1 Å². The Hall–Kier alpha value is -3.81. The van der Waals surface area contributed by atoms with E-state index in [0.717, 1.165) is 22.6 Å². The van der Waals surface area contributed by atoms with Crippen molar-refractivity contribution in [3.8, 4) is 17.2 Å². The summed E-state index contributed by atoms with van der Waals surface area (Å²) < 4.78 is 10.7. The maximum absolute atomic E-state index is 12.2. The van der Waals surface area contributed by atoms with E-state index in [1.807, 2.05) is 31.2 Å². The van der Waals surface area contributed by atoms with Crippen molar-refractivity contribution in [2.75, 3.05) is 26.0 Å². The number of rotatable bonds is 7. The highest BCUT2D eigenvalue weighted by molar-refractivity contribution is 5.96. The van der Waals surface area contributed by atoms with Crippen LogP contribution in [0.5, 0.6) is 5.75 Å².